The van der Waals surface area contributed by atoms with Crippen LogP contribution in [0.2, 0.25) is 0 Å². The molecule has 1 aromatic heterocycles. The van der Waals surface area contributed by atoms with Crippen molar-refractivity contribution in [2.24, 2.45) is 0 Å². The summed E-state index contributed by atoms with van der Waals surface area (Å²) >= 11 is 0. The normalized spacial score (nSPS) is 32.4. The highest BCUT2D eigenvalue weighted by atomic mass is 16.7. The van der Waals surface area contributed by atoms with Gasteiger partial charge in [-0.15, -0.1) is 0 Å². The quantitative estimate of drug-likeness (QED) is 0.0117. The summed E-state index contributed by atoms with van der Waals surface area (Å²) in [6, 6.07) is 16.6. The maximum atomic E-state index is 14.4. The summed E-state index contributed by atoms with van der Waals surface area (Å²) in [5.41, 5.74) is -1.49. The number of benzene rings is 5. The molecule has 6 aromatic rings. The van der Waals surface area contributed by atoms with Gasteiger partial charge in [0.15, 0.2) is 29.1 Å². The zero-order valence-corrected chi connectivity index (χ0v) is 58.3. The predicted octanol–water partition coefficient (Wildman–Crippen LogP) is -4.81. The van der Waals surface area contributed by atoms with E-state index in [1.165, 1.54) is 54.6 Å². The van der Waals surface area contributed by atoms with Gasteiger partial charge in [-0.25, -0.2) is 4.79 Å². The molecule has 7 heterocycles. The third-order valence-electron chi connectivity index (χ3n) is 18.9. The van der Waals surface area contributed by atoms with Crippen LogP contribution < -0.4 is 29.1 Å². The van der Waals surface area contributed by atoms with Gasteiger partial charge in [0.25, 0.3) is 0 Å². The van der Waals surface area contributed by atoms with Crippen LogP contribution in [0.5, 0.6) is 63.2 Å². The summed E-state index contributed by atoms with van der Waals surface area (Å²) in [4.78, 5) is 53.1. The van der Waals surface area contributed by atoms with E-state index in [1.54, 1.807) is 0 Å². The van der Waals surface area contributed by atoms with Crippen molar-refractivity contribution in [2.45, 2.75) is 166 Å². The number of hydrogen-bond acceptors (Lipinski definition) is 41. The molecule has 0 saturated carbocycles. The number of ether oxygens (including phenoxy) is 14. The van der Waals surface area contributed by atoms with Crippen LogP contribution in [0.3, 0.4) is 0 Å². The number of phenolic OH excluding ortho intramolecular Hbond substituents is 6. The van der Waals surface area contributed by atoms with Gasteiger partial charge in [-0.3, -0.25) is 14.4 Å². The van der Waals surface area contributed by atoms with E-state index < -0.39 is 280 Å². The van der Waals surface area contributed by atoms with Crippen LogP contribution in [0, 0.1) is 0 Å². The van der Waals surface area contributed by atoms with Crippen molar-refractivity contribution >= 4 is 41.0 Å². The number of phenols is 6. The Morgan fingerprint density at radius 1 is 0.469 bits per heavy atom. The SMILES string of the molecule is O=C(/C=C/c1ccc(O)cc1)OC[C@H]1O[C@@H](OC2=Cc3c(O)cc(O[C@@H]4O[C@@H](COC(=O)CCC(=O)OC[C@@H]5O[C@@H](Oc6ccc(-c7oc8cc(O[C@H]9OC[C@@H](O)[C@@H](O)[C@H]9O)cc(O)c8c(=O)c7O[C@@H]7O[C@@H](CO)[C@@H](O)[C@H](O)[C@@H]7O)cc6)[C@H](O)[C@@H](O)[C@@H]5O)[C@@H](O)[C@H](O)[C@H]4O)cc3OC2c2cc(O)c(O)c(O)c2)[C@H](O)[C@@H](O)[C@@H]1O. The largest absolute Gasteiger partial charge is 0.508 e. The molecule has 25 atom stereocenters. The zero-order chi connectivity index (χ0) is 81.3. The molecule has 41 heteroatoms. The van der Waals surface area contributed by atoms with Gasteiger partial charge in [-0.2, -0.15) is 0 Å². The fourth-order valence-electron chi connectivity index (χ4n) is 12.5. The van der Waals surface area contributed by atoms with Gasteiger partial charge in [-0.05, 0) is 66.2 Å². The highest BCUT2D eigenvalue weighted by Crippen LogP contribution is 2.48. The molecule has 6 aliphatic rings. The molecule has 1 unspecified atom stereocenters. The highest BCUT2D eigenvalue weighted by Gasteiger charge is 2.51. The molecular weight excluding hydrogens is 1520 g/mol. The van der Waals surface area contributed by atoms with E-state index in [1.807, 2.05) is 0 Å². The maximum absolute atomic E-state index is 14.4. The number of rotatable bonds is 24. The topological polar surface area (TPSA) is 656 Å². The molecule has 612 valence electrons. The summed E-state index contributed by atoms with van der Waals surface area (Å²) in [6.45, 7) is -3.76. The van der Waals surface area contributed by atoms with E-state index in [2.05, 4.69) is 0 Å². The Labute approximate surface area is 634 Å². The molecule has 0 amide bonds. The van der Waals surface area contributed by atoms with Crippen LogP contribution in [0.1, 0.15) is 35.6 Å². The summed E-state index contributed by atoms with van der Waals surface area (Å²) in [7, 11) is 0. The van der Waals surface area contributed by atoms with E-state index in [0.29, 0.717) is 5.56 Å². The summed E-state index contributed by atoms with van der Waals surface area (Å²) in [5.74, 6) is -10.1. The van der Waals surface area contributed by atoms with Gasteiger partial charge in [0.1, 0.15) is 193 Å². The first-order valence-corrected chi connectivity index (χ1v) is 34.5. The van der Waals surface area contributed by atoms with Crippen LogP contribution in [0.15, 0.2) is 106 Å². The number of carbonyl (C=O) groups is 3. The Kier molecular flexibility index (Phi) is 25.3. The average Bonchev–Trinajstić information content (AvgIpc) is 0.755. The molecule has 41 nitrogen and oxygen atoms in total. The van der Waals surface area contributed by atoms with Crippen molar-refractivity contribution in [3.63, 3.8) is 0 Å². The molecule has 5 fully saturated rings. The van der Waals surface area contributed by atoms with E-state index in [-0.39, 0.29) is 45.4 Å². The lowest BCUT2D eigenvalue weighted by Crippen LogP contribution is -2.60. The number of hydrogen-bond donors (Lipinski definition) is 22. The van der Waals surface area contributed by atoms with Gasteiger partial charge in [0.05, 0.1) is 31.6 Å². The van der Waals surface area contributed by atoms with Crippen molar-refractivity contribution in [3.05, 3.63) is 124 Å². The lowest BCUT2D eigenvalue weighted by molar-refractivity contribution is -0.294. The number of aromatic hydroxyl groups is 6. The third-order valence-corrected chi connectivity index (χ3v) is 18.9. The van der Waals surface area contributed by atoms with Gasteiger partial charge < -0.3 is 183 Å². The fraction of sp³-hybridized carbons (Fsp3) is 0.444. The third kappa shape index (κ3) is 18.0. The smallest absolute Gasteiger partial charge is 0.330 e. The molecule has 0 spiro atoms. The minimum atomic E-state index is -2.07. The summed E-state index contributed by atoms with van der Waals surface area (Å²) < 4.78 is 84.9. The Morgan fingerprint density at radius 3 is 1.50 bits per heavy atom. The van der Waals surface area contributed by atoms with Crippen molar-refractivity contribution in [1.29, 1.82) is 0 Å². The molecule has 5 saturated heterocycles. The van der Waals surface area contributed by atoms with E-state index in [4.69, 9.17) is 70.7 Å². The molecule has 0 aliphatic carbocycles. The summed E-state index contributed by atoms with van der Waals surface area (Å²) in [6.07, 6.45) is -44.0. The standard InChI is InChI=1S/C72H78O41/c73-20-41-51(85)56(90)64(98)72(109-41)113-67-55(89)48-34(76)16-31(104-68-60(94)50(84)37(79)21-102-68)18-39(48)107-66(67)26-4-8-29(9-5-26)103-69-61(95)57(91)52(86)42(110-69)22-100-46(81)11-12-47(82)101-23-43-53(87)58(92)62(96)70(111-43)105-30-15-33(75)32-19-40(65(106-38(32)17-30)27-13-35(77)49(83)36(78)14-27)108-71-63(97)59(93)54(88)44(112-71)24-99-45(80)10-3-25-1-6-28(74)7-2-25/h1-10,13-19,37,41-44,50-54,56-65,68-79,83-88,90-98H,11-12,20-24H2/b10-3+/t37-,41+,42+,43+,44-,50-,51-,52-,53-,54-,56+,57+,58+,59+,60-,61-,62-,63-,64+,65?,68-,69-,70-,71-,72+/m1/s1. The minimum Gasteiger partial charge on any atom is -0.508 e. The number of carbonyl (C=O) groups excluding carboxylic acids is 3. The number of esters is 3. The predicted molar refractivity (Wildman–Crippen MR) is 365 cm³/mol. The highest BCUT2D eigenvalue weighted by molar-refractivity contribution is 5.89. The molecule has 12 rings (SSSR count). The Morgan fingerprint density at radius 2 is 0.947 bits per heavy atom. The minimum absolute atomic E-state index is 0.0213. The number of aliphatic hydroxyl groups is 16. The fourth-order valence-corrected chi connectivity index (χ4v) is 12.5. The van der Waals surface area contributed by atoms with Crippen LogP contribution in [-0.4, -0.2) is 311 Å². The average molecular weight is 1600 g/mol. The molecule has 6 aliphatic heterocycles. The molecular formula is C72H78O41. The number of aliphatic hydroxyl groups excluding tert-OH is 16. The van der Waals surface area contributed by atoms with Crippen molar-refractivity contribution in [1.82, 2.24) is 0 Å². The van der Waals surface area contributed by atoms with Crippen molar-refractivity contribution in [3.8, 4) is 74.6 Å². The van der Waals surface area contributed by atoms with E-state index >= 15 is 0 Å². The lowest BCUT2D eigenvalue weighted by Gasteiger charge is -2.41. The second-order valence-electron chi connectivity index (χ2n) is 26.7. The zero-order valence-electron chi connectivity index (χ0n) is 58.3. The first-order valence-electron chi connectivity index (χ1n) is 34.5. The van der Waals surface area contributed by atoms with Crippen molar-refractivity contribution < 1.29 is 197 Å². The van der Waals surface area contributed by atoms with Gasteiger partial charge in [0, 0.05) is 41.5 Å². The summed E-state index contributed by atoms with van der Waals surface area (Å²) in [5, 5.41) is 234. The van der Waals surface area contributed by atoms with Gasteiger partial charge in [0.2, 0.25) is 42.6 Å². The van der Waals surface area contributed by atoms with Crippen LogP contribution >= 0.6 is 0 Å². The molecule has 22 N–H and O–H groups in total. The molecule has 113 heavy (non-hydrogen) atoms. The Hall–Kier alpha value is -10.0. The van der Waals surface area contributed by atoms with Crippen molar-refractivity contribution in [2.75, 3.05) is 33.0 Å². The molecule has 0 bridgehead atoms. The molecule has 5 aromatic carbocycles. The van der Waals surface area contributed by atoms with E-state index in [9.17, 15) is 132 Å². The van der Waals surface area contributed by atoms with Crippen LogP contribution in [0.25, 0.3) is 34.4 Å². The van der Waals surface area contributed by atoms with Crippen LogP contribution in [0.4, 0.5) is 0 Å². The second-order valence-corrected chi connectivity index (χ2v) is 26.7. The number of fused-ring (bicyclic) bond motifs is 2. The Bertz CT molecular complexity index is 4470. The first-order chi connectivity index (χ1) is 53.7. The molecule has 0 radical (unpaired) electrons. The Balaban J connectivity index is 0.661. The van der Waals surface area contributed by atoms with E-state index in [0.717, 1.165) is 48.6 Å². The second kappa shape index (κ2) is 34.7. The van der Waals surface area contributed by atoms with Crippen LogP contribution in [-0.2, 0) is 57.0 Å². The first kappa shape index (κ1) is 82.4. The maximum Gasteiger partial charge on any atom is 0.330 e. The monoisotopic (exact) mass is 1600 g/mol. The van der Waals surface area contributed by atoms with Gasteiger partial charge >= 0.3 is 17.9 Å². The lowest BCUT2D eigenvalue weighted by atomic mass is 9.98. The van der Waals surface area contributed by atoms with Gasteiger partial charge in [-0.1, -0.05) is 12.1 Å².